The van der Waals surface area contributed by atoms with E-state index in [1.54, 1.807) is 30.3 Å². The first-order chi connectivity index (χ1) is 9.40. The van der Waals surface area contributed by atoms with Gasteiger partial charge in [-0.25, -0.2) is 4.79 Å². The van der Waals surface area contributed by atoms with Gasteiger partial charge >= 0.3 is 5.97 Å². The van der Waals surface area contributed by atoms with Crippen molar-refractivity contribution in [2.75, 3.05) is 0 Å². The first-order valence-electron chi connectivity index (χ1n) is 5.65. The number of halogens is 1. The van der Waals surface area contributed by atoms with Gasteiger partial charge in [0.1, 0.15) is 10.4 Å². The van der Waals surface area contributed by atoms with Crippen molar-refractivity contribution in [2.45, 2.75) is 13.0 Å². The van der Waals surface area contributed by atoms with Gasteiger partial charge in [0.15, 0.2) is 0 Å². The molecule has 1 heterocycles. The van der Waals surface area contributed by atoms with Crippen LogP contribution in [-0.4, -0.2) is 32.2 Å². The van der Waals surface area contributed by atoms with E-state index in [0.29, 0.717) is 9.93 Å². The van der Waals surface area contributed by atoms with Crippen molar-refractivity contribution in [1.82, 2.24) is 4.90 Å². The summed E-state index contributed by atoms with van der Waals surface area (Å²) in [4.78, 5) is 24.7. The van der Waals surface area contributed by atoms with Gasteiger partial charge in [0.25, 0.3) is 5.91 Å². The number of aliphatic carboxylic acids is 1. The van der Waals surface area contributed by atoms with Gasteiger partial charge in [-0.3, -0.25) is 9.69 Å². The molecular weight excluding hydrogens is 318 g/mol. The maximum atomic E-state index is 12.2. The number of amides is 1. The second-order valence-corrected chi connectivity index (χ2v) is 6.23. The fraction of sp³-hybridized carbons (Fsp3) is 0.154. The van der Waals surface area contributed by atoms with Crippen LogP contribution in [0.5, 0.6) is 0 Å². The fourth-order valence-electron chi connectivity index (χ4n) is 1.63. The van der Waals surface area contributed by atoms with Crippen LogP contribution < -0.4 is 0 Å². The van der Waals surface area contributed by atoms with Crippen molar-refractivity contribution >= 4 is 57.9 Å². The van der Waals surface area contributed by atoms with Gasteiger partial charge in [-0.2, -0.15) is 0 Å². The molecule has 1 aliphatic rings. The summed E-state index contributed by atoms with van der Waals surface area (Å²) in [5, 5.41) is 9.59. The van der Waals surface area contributed by atoms with Crippen LogP contribution in [0.15, 0.2) is 29.2 Å². The van der Waals surface area contributed by atoms with Crippen molar-refractivity contribution in [3.8, 4) is 0 Å². The third-order valence-corrected chi connectivity index (χ3v) is 4.32. The zero-order valence-corrected chi connectivity index (χ0v) is 12.8. The van der Waals surface area contributed by atoms with Gasteiger partial charge in [-0.05, 0) is 30.7 Å². The Labute approximate surface area is 130 Å². The Hall–Kier alpha value is -1.37. The molecule has 0 spiro atoms. The molecule has 0 radical (unpaired) electrons. The zero-order valence-electron chi connectivity index (χ0n) is 10.4. The van der Waals surface area contributed by atoms with Crippen LogP contribution in [0.3, 0.4) is 0 Å². The third kappa shape index (κ3) is 3.03. The molecule has 1 atom stereocenters. The number of rotatable bonds is 3. The second-order valence-electron chi connectivity index (χ2n) is 4.12. The lowest BCUT2D eigenvalue weighted by atomic mass is 10.2. The van der Waals surface area contributed by atoms with Crippen molar-refractivity contribution in [3.05, 3.63) is 39.8 Å². The lowest BCUT2D eigenvalue weighted by Crippen LogP contribution is -2.41. The highest BCUT2D eigenvalue weighted by Crippen LogP contribution is 2.34. The predicted molar refractivity (Wildman–Crippen MR) is 83.6 cm³/mol. The molecule has 1 saturated heterocycles. The molecule has 1 fully saturated rings. The van der Waals surface area contributed by atoms with Gasteiger partial charge in [0.2, 0.25) is 0 Å². The van der Waals surface area contributed by atoms with Crippen molar-refractivity contribution in [3.63, 3.8) is 0 Å². The molecule has 4 nitrogen and oxygen atoms in total. The number of thioether (sulfide) groups is 1. The number of hydrogen-bond acceptors (Lipinski definition) is 4. The number of carboxylic acid groups (broad SMARTS) is 1. The molecule has 1 aromatic rings. The van der Waals surface area contributed by atoms with E-state index in [-0.39, 0.29) is 10.2 Å². The second kappa shape index (κ2) is 5.95. The largest absolute Gasteiger partial charge is 0.480 e. The summed E-state index contributed by atoms with van der Waals surface area (Å²) in [5.74, 6) is -1.47. The summed E-state index contributed by atoms with van der Waals surface area (Å²) < 4.78 is 0.255. The predicted octanol–water partition coefficient (Wildman–Crippen LogP) is 3.01. The smallest absolute Gasteiger partial charge is 0.326 e. The van der Waals surface area contributed by atoms with Gasteiger partial charge in [-0.1, -0.05) is 47.7 Å². The summed E-state index contributed by atoms with van der Waals surface area (Å²) in [5.41, 5.74) is 0.804. The molecule has 20 heavy (non-hydrogen) atoms. The summed E-state index contributed by atoms with van der Waals surface area (Å²) >= 11 is 12.0. The van der Waals surface area contributed by atoms with Gasteiger partial charge in [0.05, 0.1) is 4.91 Å². The summed E-state index contributed by atoms with van der Waals surface area (Å²) in [6, 6.07) is 6.01. The maximum absolute atomic E-state index is 12.2. The lowest BCUT2D eigenvalue weighted by Gasteiger charge is -2.18. The Bertz CT molecular complexity index is 613. The van der Waals surface area contributed by atoms with E-state index in [2.05, 4.69) is 0 Å². The van der Waals surface area contributed by atoms with E-state index in [4.69, 9.17) is 28.9 Å². The first kappa shape index (κ1) is 15.0. The Morgan fingerprint density at radius 2 is 2.05 bits per heavy atom. The zero-order chi connectivity index (χ0) is 14.9. The third-order valence-electron chi connectivity index (χ3n) is 2.74. The molecule has 7 heteroatoms. The molecule has 2 rings (SSSR count). The molecular formula is C13H10ClNO3S2. The van der Waals surface area contributed by atoms with Crippen LogP contribution in [0.4, 0.5) is 0 Å². The molecule has 1 aliphatic heterocycles. The van der Waals surface area contributed by atoms with Crippen molar-refractivity contribution < 1.29 is 14.7 Å². The van der Waals surface area contributed by atoms with E-state index in [1.807, 2.05) is 0 Å². The minimum Gasteiger partial charge on any atom is -0.480 e. The van der Waals surface area contributed by atoms with Crippen LogP contribution in [0.2, 0.25) is 5.02 Å². The molecule has 1 N–H and O–H groups in total. The van der Waals surface area contributed by atoms with Gasteiger partial charge in [0, 0.05) is 5.02 Å². The number of carbonyl (C=O) groups excluding carboxylic acids is 1. The van der Waals surface area contributed by atoms with Crippen molar-refractivity contribution in [2.24, 2.45) is 0 Å². The number of benzene rings is 1. The molecule has 0 aliphatic carbocycles. The molecule has 1 unspecified atom stereocenters. The quantitative estimate of drug-likeness (QED) is 0.683. The highest BCUT2D eigenvalue weighted by atomic mass is 35.5. The first-order valence-corrected chi connectivity index (χ1v) is 7.26. The standard InChI is InChI=1S/C13H10ClNO3S2/c1-7(12(17)18)15-11(16)10(20-13(15)19)6-8-2-4-9(14)5-3-8/h2-7H,1H3,(H,17,18)/b10-6-. The van der Waals surface area contributed by atoms with Crippen LogP contribution in [0.25, 0.3) is 6.08 Å². The Balaban J connectivity index is 2.28. The molecule has 1 amide bonds. The average molecular weight is 328 g/mol. The minimum absolute atomic E-state index is 0.255. The number of carbonyl (C=O) groups is 2. The summed E-state index contributed by atoms with van der Waals surface area (Å²) in [6.07, 6.45) is 1.67. The monoisotopic (exact) mass is 327 g/mol. The Morgan fingerprint density at radius 1 is 1.45 bits per heavy atom. The Morgan fingerprint density at radius 3 is 2.60 bits per heavy atom. The van der Waals surface area contributed by atoms with Crippen molar-refractivity contribution in [1.29, 1.82) is 0 Å². The summed E-state index contributed by atoms with van der Waals surface area (Å²) in [6.45, 7) is 1.43. The topological polar surface area (TPSA) is 57.6 Å². The van der Waals surface area contributed by atoms with E-state index >= 15 is 0 Å². The molecule has 1 aromatic carbocycles. The fourth-order valence-corrected chi connectivity index (χ4v) is 3.18. The molecule has 104 valence electrons. The Kier molecular flexibility index (Phi) is 4.47. The van der Waals surface area contributed by atoms with Crippen LogP contribution in [0.1, 0.15) is 12.5 Å². The lowest BCUT2D eigenvalue weighted by molar-refractivity contribution is -0.144. The maximum Gasteiger partial charge on any atom is 0.326 e. The van der Waals surface area contributed by atoms with E-state index in [1.165, 1.54) is 6.92 Å². The number of hydrogen-bond donors (Lipinski definition) is 1. The average Bonchev–Trinajstić information content (AvgIpc) is 2.66. The molecule has 0 bridgehead atoms. The molecule has 0 aromatic heterocycles. The van der Waals surface area contributed by atoms with E-state index in [0.717, 1.165) is 22.2 Å². The highest BCUT2D eigenvalue weighted by Gasteiger charge is 2.38. The minimum atomic E-state index is -1.09. The normalized spacial score (nSPS) is 18.7. The van der Waals surface area contributed by atoms with Gasteiger partial charge in [-0.15, -0.1) is 0 Å². The van der Waals surface area contributed by atoms with E-state index < -0.39 is 12.0 Å². The highest BCUT2D eigenvalue weighted by molar-refractivity contribution is 8.26. The number of thiocarbonyl (C=S) groups is 1. The SMILES string of the molecule is CC(C(=O)O)N1C(=O)/C(=C/c2ccc(Cl)cc2)SC1=S. The number of nitrogens with zero attached hydrogens (tertiary/aromatic N) is 1. The van der Waals surface area contributed by atoms with Crippen LogP contribution >= 0.6 is 35.6 Å². The summed E-state index contributed by atoms with van der Waals surface area (Å²) in [7, 11) is 0. The van der Waals surface area contributed by atoms with Crippen LogP contribution in [-0.2, 0) is 9.59 Å². The molecule has 0 saturated carbocycles. The van der Waals surface area contributed by atoms with E-state index in [9.17, 15) is 9.59 Å². The number of carboxylic acids is 1. The van der Waals surface area contributed by atoms with Crippen LogP contribution in [0, 0.1) is 0 Å². The van der Waals surface area contributed by atoms with Gasteiger partial charge < -0.3 is 5.11 Å².